The zero-order valence-electron chi connectivity index (χ0n) is 14.3. The van der Waals surface area contributed by atoms with Crippen molar-refractivity contribution < 1.29 is 27.6 Å². The normalized spacial score (nSPS) is 13.0. The van der Waals surface area contributed by atoms with Crippen molar-refractivity contribution in [2.45, 2.75) is 37.8 Å². The minimum Gasteiger partial charge on any atom is -0.449 e. The second-order valence-electron chi connectivity index (χ2n) is 5.33. The van der Waals surface area contributed by atoms with Gasteiger partial charge in [-0.15, -0.1) is 0 Å². The van der Waals surface area contributed by atoms with E-state index in [1.807, 2.05) is 0 Å². The van der Waals surface area contributed by atoms with Gasteiger partial charge in [0.25, 0.3) is 15.9 Å². The van der Waals surface area contributed by atoms with Gasteiger partial charge in [-0.3, -0.25) is 9.63 Å². The lowest BCUT2D eigenvalue weighted by Gasteiger charge is -2.16. The molecule has 1 rings (SSSR count). The van der Waals surface area contributed by atoms with Crippen LogP contribution in [0.15, 0.2) is 29.2 Å². The summed E-state index contributed by atoms with van der Waals surface area (Å²) in [5.41, 5.74) is 0.137. The highest BCUT2D eigenvalue weighted by Gasteiger charge is 2.22. The summed E-state index contributed by atoms with van der Waals surface area (Å²) in [4.78, 5) is 28.4. The topological polar surface area (TPSA) is 102 Å². The molecule has 0 aliphatic heterocycles. The molecule has 0 aliphatic rings. The highest BCUT2D eigenvalue weighted by atomic mass is 32.2. The number of nitrogens with one attached hydrogen (secondary N) is 1. The molecule has 0 spiro atoms. The van der Waals surface area contributed by atoms with Crippen molar-refractivity contribution in [1.82, 2.24) is 9.79 Å². The first-order chi connectivity index (χ1) is 11.1. The third kappa shape index (κ3) is 5.02. The number of hydroxylamine groups is 1. The monoisotopic (exact) mass is 358 g/mol. The number of hydrogen-bond donors (Lipinski definition) is 1. The molecule has 0 heterocycles. The van der Waals surface area contributed by atoms with Gasteiger partial charge in [-0.25, -0.2) is 13.2 Å². The first kappa shape index (κ1) is 20.1. The van der Waals surface area contributed by atoms with Gasteiger partial charge < -0.3 is 10.1 Å². The quantitative estimate of drug-likeness (QED) is 0.575. The van der Waals surface area contributed by atoms with Crippen molar-refractivity contribution in [3.63, 3.8) is 0 Å². The summed E-state index contributed by atoms with van der Waals surface area (Å²) in [6.07, 6.45) is -0.956. The van der Waals surface area contributed by atoms with E-state index < -0.39 is 28.0 Å². The Morgan fingerprint density at radius 3 is 2.12 bits per heavy atom. The fourth-order valence-electron chi connectivity index (χ4n) is 1.69. The Hall–Kier alpha value is -1.97. The standard InChI is InChI=1S/C15H22N2O6S/c1-10(2)16-14(18)11(3)23-15(19)12-6-8-13(9-7-12)24(20,21)17(4)22-5/h6-11H,1-5H3,(H,16,18)/t11-/m1/s1. The molecule has 134 valence electrons. The van der Waals surface area contributed by atoms with Crippen LogP contribution >= 0.6 is 0 Å². The Morgan fingerprint density at radius 1 is 1.12 bits per heavy atom. The van der Waals surface area contributed by atoms with Gasteiger partial charge in [0.05, 0.1) is 17.6 Å². The lowest BCUT2D eigenvalue weighted by Crippen LogP contribution is -2.39. The molecule has 0 bridgehead atoms. The Labute approximate surface area is 141 Å². The summed E-state index contributed by atoms with van der Waals surface area (Å²) >= 11 is 0. The molecule has 24 heavy (non-hydrogen) atoms. The van der Waals surface area contributed by atoms with Crippen LogP contribution in [0.5, 0.6) is 0 Å². The fraction of sp³-hybridized carbons (Fsp3) is 0.467. The van der Waals surface area contributed by atoms with Gasteiger partial charge in [0, 0.05) is 13.1 Å². The van der Waals surface area contributed by atoms with Crippen LogP contribution in [0.1, 0.15) is 31.1 Å². The molecule has 9 heteroatoms. The second kappa shape index (κ2) is 8.22. The lowest BCUT2D eigenvalue weighted by molar-refractivity contribution is -0.129. The predicted octanol–water partition coefficient (Wildman–Crippen LogP) is 0.938. The average Bonchev–Trinajstić information content (AvgIpc) is 2.53. The molecule has 0 radical (unpaired) electrons. The smallest absolute Gasteiger partial charge is 0.338 e. The summed E-state index contributed by atoms with van der Waals surface area (Å²) in [7, 11) is -1.30. The van der Waals surface area contributed by atoms with Gasteiger partial charge in [0.1, 0.15) is 0 Å². The number of hydrogen-bond acceptors (Lipinski definition) is 6. The van der Waals surface area contributed by atoms with E-state index in [-0.39, 0.29) is 16.5 Å². The lowest BCUT2D eigenvalue weighted by atomic mass is 10.2. The molecule has 0 unspecified atom stereocenters. The van der Waals surface area contributed by atoms with Crippen molar-refractivity contribution in [2.75, 3.05) is 14.2 Å². The number of ether oxygens (including phenoxy) is 1. The highest BCUT2D eigenvalue weighted by molar-refractivity contribution is 7.89. The van der Waals surface area contributed by atoms with Crippen molar-refractivity contribution in [1.29, 1.82) is 0 Å². The van der Waals surface area contributed by atoms with E-state index in [9.17, 15) is 18.0 Å². The fourth-order valence-corrected chi connectivity index (χ4v) is 2.67. The minimum atomic E-state index is -3.79. The molecule has 1 aromatic carbocycles. The summed E-state index contributed by atoms with van der Waals surface area (Å²) in [6.45, 7) is 5.05. The van der Waals surface area contributed by atoms with Gasteiger partial charge in [-0.05, 0) is 45.0 Å². The number of amides is 1. The zero-order valence-corrected chi connectivity index (χ0v) is 15.1. The summed E-state index contributed by atoms with van der Waals surface area (Å²) < 4.78 is 29.9. The molecular formula is C15H22N2O6S. The maximum atomic E-state index is 12.0. The van der Waals surface area contributed by atoms with Crippen LogP contribution in [0.25, 0.3) is 0 Å². The van der Waals surface area contributed by atoms with Gasteiger partial charge in [0.2, 0.25) is 0 Å². The van der Waals surface area contributed by atoms with Gasteiger partial charge in [-0.2, -0.15) is 0 Å². The SMILES string of the molecule is CON(C)S(=O)(=O)c1ccc(C(=O)O[C@H](C)C(=O)NC(C)C)cc1. The minimum absolute atomic E-state index is 0.0333. The molecule has 0 fully saturated rings. The number of carbonyl (C=O) groups excluding carboxylic acids is 2. The predicted molar refractivity (Wildman–Crippen MR) is 86.6 cm³/mol. The number of benzene rings is 1. The van der Waals surface area contributed by atoms with E-state index in [0.29, 0.717) is 4.47 Å². The summed E-state index contributed by atoms with van der Waals surface area (Å²) in [5.74, 6) is -1.12. The Balaban J connectivity index is 2.83. The molecule has 0 saturated heterocycles. The first-order valence-corrected chi connectivity index (χ1v) is 8.68. The number of sulfonamides is 1. The van der Waals surface area contributed by atoms with Crippen molar-refractivity contribution in [2.24, 2.45) is 0 Å². The molecule has 0 aromatic heterocycles. The van der Waals surface area contributed by atoms with Crippen LogP contribution in [0.2, 0.25) is 0 Å². The van der Waals surface area contributed by atoms with Crippen LogP contribution in [0.4, 0.5) is 0 Å². The number of nitrogens with zero attached hydrogens (tertiary/aromatic N) is 1. The van der Waals surface area contributed by atoms with Crippen molar-refractivity contribution in [3.8, 4) is 0 Å². The molecular weight excluding hydrogens is 336 g/mol. The van der Waals surface area contributed by atoms with Crippen LogP contribution < -0.4 is 5.32 Å². The van der Waals surface area contributed by atoms with Crippen LogP contribution in [-0.2, 0) is 24.4 Å². The zero-order chi connectivity index (χ0) is 18.5. The van der Waals surface area contributed by atoms with E-state index >= 15 is 0 Å². The Kier molecular flexibility index (Phi) is 6.88. The third-order valence-electron chi connectivity index (χ3n) is 3.07. The van der Waals surface area contributed by atoms with E-state index in [4.69, 9.17) is 4.74 Å². The second-order valence-corrected chi connectivity index (χ2v) is 7.27. The van der Waals surface area contributed by atoms with Gasteiger partial charge in [0.15, 0.2) is 6.10 Å². The van der Waals surface area contributed by atoms with E-state index in [1.165, 1.54) is 45.3 Å². The van der Waals surface area contributed by atoms with Crippen LogP contribution in [-0.4, -0.2) is 51.1 Å². The molecule has 1 aromatic rings. The van der Waals surface area contributed by atoms with E-state index in [1.54, 1.807) is 13.8 Å². The Morgan fingerprint density at radius 2 is 1.67 bits per heavy atom. The molecule has 1 atom stereocenters. The number of esters is 1. The van der Waals surface area contributed by atoms with E-state index in [2.05, 4.69) is 10.2 Å². The van der Waals surface area contributed by atoms with Crippen LogP contribution in [0.3, 0.4) is 0 Å². The van der Waals surface area contributed by atoms with E-state index in [0.717, 1.165) is 0 Å². The van der Waals surface area contributed by atoms with Gasteiger partial charge >= 0.3 is 5.97 Å². The molecule has 1 amide bonds. The van der Waals surface area contributed by atoms with Crippen molar-refractivity contribution in [3.05, 3.63) is 29.8 Å². The molecule has 8 nitrogen and oxygen atoms in total. The van der Waals surface area contributed by atoms with Crippen LogP contribution in [0, 0.1) is 0 Å². The molecule has 0 saturated carbocycles. The average molecular weight is 358 g/mol. The summed E-state index contributed by atoms with van der Waals surface area (Å²) in [5, 5.41) is 2.63. The first-order valence-electron chi connectivity index (χ1n) is 7.24. The van der Waals surface area contributed by atoms with Gasteiger partial charge in [-0.1, -0.05) is 4.47 Å². The number of rotatable bonds is 7. The molecule has 1 N–H and O–H groups in total. The summed E-state index contributed by atoms with van der Waals surface area (Å²) in [6, 6.07) is 5.08. The largest absolute Gasteiger partial charge is 0.449 e. The van der Waals surface area contributed by atoms with Crippen molar-refractivity contribution >= 4 is 21.9 Å². The maximum Gasteiger partial charge on any atom is 0.338 e. The number of carbonyl (C=O) groups is 2. The highest BCUT2D eigenvalue weighted by Crippen LogP contribution is 2.16. The third-order valence-corrected chi connectivity index (χ3v) is 4.76. The Bertz CT molecular complexity index is 684. The maximum absolute atomic E-state index is 12.0. The molecule has 0 aliphatic carbocycles.